The van der Waals surface area contributed by atoms with Crippen LogP contribution in [0.1, 0.15) is 27.2 Å². The van der Waals surface area contributed by atoms with Gasteiger partial charge in [0, 0.05) is 0 Å². The molecule has 0 saturated carbocycles. The van der Waals surface area contributed by atoms with Crippen LogP contribution in [0.5, 0.6) is 0 Å². The summed E-state index contributed by atoms with van der Waals surface area (Å²) < 4.78 is 0. The molecule has 2 N–H and O–H groups in total. The lowest BCUT2D eigenvalue weighted by molar-refractivity contribution is 0.116. The predicted molar refractivity (Wildman–Crippen MR) is 50.9 cm³/mol. The Labute approximate surface area is 74.2 Å². The van der Waals surface area contributed by atoms with Crippen LogP contribution >= 0.6 is 0 Å². The van der Waals surface area contributed by atoms with Crippen LogP contribution < -0.4 is 0 Å². The zero-order valence-corrected chi connectivity index (χ0v) is 8.04. The molecule has 1 atom stereocenters. The van der Waals surface area contributed by atoms with Crippen LogP contribution in [0, 0.1) is 0 Å². The first-order valence-corrected chi connectivity index (χ1v) is 4.08. The van der Waals surface area contributed by atoms with Crippen LogP contribution in [0.3, 0.4) is 0 Å². The van der Waals surface area contributed by atoms with Crippen LogP contribution in [0.15, 0.2) is 24.3 Å². The molecule has 2 nitrogen and oxygen atoms in total. The minimum Gasteiger partial charge on any atom is -0.389 e. The van der Waals surface area contributed by atoms with Gasteiger partial charge in [0.05, 0.1) is 11.7 Å². The molecule has 1 unspecified atom stereocenters. The van der Waals surface area contributed by atoms with E-state index in [1.807, 2.05) is 0 Å². The summed E-state index contributed by atoms with van der Waals surface area (Å²) >= 11 is 0. The molecule has 0 aliphatic rings. The van der Waals surface area contributed by atoms with Gasteiger partial charge in [0.25, 0.3) is 0 Å². The number of hydrogen-bond acceptors (Lipinski definition) is 2. The quantitative estimate of drug-likeness (QED) is 0.630. The van der Waals surface area contributed by atoms with E-state index >= 15 is 0 Å². The molecule has 0 aromatic rings. The molecule has 2 heteroatoms. The maximum Gasteiger partial charge on any atom is 0.0798 e. The van der Waals surface area contributed by atoms with Gasteiger partial charge in [0.15, 0.2) is 0 Å². The fourth-order valence-electron chi connectivity index (χ4n) is 0.731. The Morgan fingerprint density at radius 3 is 2.42 bits per heavy atom. The fraction of sp³-hybridized carbons (Fsp3) is 0.600. The first-order chi connectivity index (χ1) is 5.38. The van der Waals surface area contributed by atoms with E-state index in [0.29, 0.717) is 6.42 Å². The molecule has 0 rings (SSSR count). The SMILES string of the molecule is C=CCC(O)C=C(C)C(C)(C)O. The van der Waals surface area contributed by atoms with Crippen molar-refractivity contribution in [1.29, 1.82) is 0 Å². The second-order valence-corrected chi connectivity index (χ2v) is 3.50. The van der Waals surface area contributed by atoms with Crippen molar-refractivity contribution in [3.63, 3.8) is 0 Å². The van der Waals surface area contributed by atoms with Crippen molar-refractivity contribution >= 4 is 0 Å². The van der Waals surface area contributed by atoms with E-state index in [-0.39, 0.29) is 0 Å². The minimum atomic E-state index is -0.845. The van der Waals surface area contributed by atoms with E-state index in [2.05, 4.69) is 6.58 Å². The topological polar surface area (TPSA) is 40.5 Å². The van der Waals surface area contributed by atoms with Gasteiger partial charge in [-0.1, -0.05) is 12.2 Å². The summed E-state index contributed by atoms with van der Waals surface area (Å²) in [6, 6.07) is 0. The standard InChI is InChI=1S/C10H18O2/c1-5-6-9(11)7-8(2)10(3,4)12/h5,7,9,11-12H,1,6H2,2-4H3. The maximum absolute atomic E-state index is 9.50. The Hall–Kier alpha value is -0.600. The number of hydrogen-bond donors (Lipinski definition) is 2. The van der Waals surface area contributed by atoms with E-state index in [1.54, 1.807) is 32.9 Å². The van der Waals surface area contributed by atoms with Gasteiger partial charge >= 0.3 is 0 Å². The molecule has 12 heavy (non-hydrogen) atoms. The molecular formula is C10H18O2. The molecule has 0 saturated heterocycles. The van der Waals surface area contributed by atoms with Crippen molar-refractivity contribution in [2.24, 2.45) is 0 Å². The van der Waals surface area contributed by atoms with Gasteiger partial charge in [-0.05, 0) is 32.8 Å². The van der Waals surface area contributed by atoms with E-state index in [9.17, 15) is 10.2 Å². The highest BCUT2D eigenvalue weighted by Crippen LogP contribution is 2.15. The lowest BCUT2D eigenvalue weighted by atomic mass is 9.98. The fourth-order valence-corrected chi connectivity index (χ4v) is 0.731. The number of rotatable bonds is 4. The number of aliphatic hydroxyl groups excluding tert-OH is 1. The number of aliphatic hydroxyl groups is 2. The second-order valence-electron chi connectivity index (χ2n) is 3.50. The highest BCUT2D eigenvalue weighted by Gasteiger charge is 2.15. The third kappa shape index (κ3) is 4.31. The molecule has 0 amide bonds. The van der Waals surface area contributed by atoms with Crippen molar-refractivity contribution in [2.75, 3.05) is 0 Å². The van der Waals surface area contributed by atoms with Crippen LogP contribution in [0.25, 0.3) is 0 Å². The van der Waals surface area contributed by atoms with E-state index in [0.717, 1.165) is 5.57 Å². The van der Waals surface area contributed by atoms with Crippen molar-refractivity contribution in [3.8, 4) is 0 Å². The molecule has 0 bridgehead atoms. The molecule has 0 radical (unpaired) electrons. The van der Waals surface area contributed by atoms with Gasteiger partial charge < -0.3 is 10.2 Å². The largest absolute Gasteiger partial charge is 0.389 e. The average Bonchev–Trinajstić information content (AvgIpc) is 1.85. The van der Waals surface area contributed by atoms with Crippen LogP contribution in [-0.2, 0) is 0 Å². The summed E-state index contributed by atoms with van der Waals surface area (Å²) in [4.78, 5) is 0. The van der Waals surface area contributed by atoms with Crippen molar-refractivity contribution in [2.45, 2.75) is 38.9 Å². The highest BCUT2D eigenvalue weighted by molar-refractivity contribution is 5.12. The Morgan fingerprint density at radius 2 is 2.08 bits per heavy atom. The molecule has 0 aliphatic heterocycles. The van der Waals surface area contributed by atoms with Crippen molar-refractivity contribution < 1.29 is 10.2 Å². The summed E-state index contributed by atoms with van der Waals surface area (Å²) in [6.45, 7) is 8.70. The zero-order chi connectivity index (χ0) is 9.78. The normalized spacial score (nSPS) is 15.9. The van der Waals surface area contributed by atoms with Gasteiger partial charge in [-0.2, -0.15) is 0 Å². The van der Waals surface area contributed by atoms with Crippen LogP contribution in [-0.4, -0.2) is 21.9 Å². The Bertz CT molecular complexity index is 175. The monoisotopic (exact) mass is 170 g/mol. The molecule has 0 heterocycles. The first kappa shape index (κ1) is 11.4. The van der Waals surface area contributed by atoms with E-state index in [1.165, 1.54) is 0 Å². The van der Waals surface area contributed by atoms with E-state index in [4.69, 9.17) is 0 Å². The third-order valence-electron chi connectivity index (χ3n) is 1.82. The van der Waals surface area contributed by atoms with Crippen molar-refractivity contribution in [3.05, 3.63) is 24.3 Å². The molecule has 0 spiro atoms. The van der Waals surface area contributed by atoms with Crippen LogP contribution in [0.4, 0.5) is 0 Å². The average molecular weight is 170 g/mol. The molecular weight excluding hydrogens is 152 g/mol. The summed E-state index contributed by atoms with van der Waals surface area (Å²) in [6.07, 6.45) is 3.29. The smallest absolute Gasteiger partial charge is 0.0798 e. The van der Waals surface area contributed by atoms with Gasteiger partial charge in [-0.15, -0.1) is 6.58 Å². The first-order valence-electron chi connectivity index (χ1n) is 4.08. The highest BCUT2D eigenvalue weighted by atomic mass is 16.3. The van der Waals surface area contributed by atoms with Gasteiger partial charge in [0.2, 0.25) is 0 Å². The van der Waals surface area contributed by atoms with Crippen molar-refractivity contribution in [1.82, 2.24) is 0 Å². The third-order valence-corrected chi connectivity index (χ3v) is 1.82. The summed E-state index contributed by atoms with van der Waals surface area (Å²) in [5.41, 5.74) is -0.0702. The zero-order valence-electron chi connectivity index (χ0n) is 8.04. The second kappa shape index (κ2) is 4.43. The van der Waals surface area contributed by atoms with Gasteiger partial charge in [-0.3, -0.25) is 0 Å². The Balaban J connectivity index is 4.25. The summed E-state index contributed by atoms with van der Waals surface area (Å²) in [5, 5.41) is 18.8. The molecule has 0 aromatic carbocycles. The van der Waals surface area contributed by atoms with E-state index < -0.39 is 11.7 Å². The molecule has 0 aromatic heterocycles. The summed E-state index contributed by atoms with van der Waals surface area (Å²) in [7, 11) is 0. The summed E-state index contributed by atoms with van der Waals surface area (Å²) in [5.74, 6) is 0. The Morgan fingerprint density at radius 1 is 1.58 bits per heavy atom. The predicted octanol–water partition coefficient (Wildman–Crippen LogP) is 1.64. The minimum absolute atomic E-state index is 0.521. The van der Waals surface area contributed by atoms with Gasteiger partial charge in [0.1, 0.15) is 0 Å². The molecule has 0 aliphatic carbocycles. The maximum atomic E-state index is 9.50. The van der Waals surface area contributed by atoms with Gasteiger partial charge in [-0.25, -0.2) is 0 Å². The Kier molecular flexibility index (Phi) is 4.21. The lowest BCUT2D eigenvalue weighted by Crippen LogP contribution is -2.21. The lowest BCUT2D eigenvalue weighted by Gasteiger charge is -2.19. The van der Waals surface area contributed by atoms with Crippen LogP contribution in [0.2, 0.25) is 0 Å². The molecule has 0 fully saturated rings. The molecule has 70 valence electrons.